The van der Waals surface area contributed by atoms with E-state index in [0.717, 1.165) is 5.70 Å². The van der Waals surface area contributed by atoms with Crippen molar-refractivity contribution in [3.63, 3.8) is 0 Å². The molecule has 0 rings (SSSR count). The third-order valence-electron chi connectivity index (χ3n) is 1.68. The van der Waals surface area contributed by atoms with Gasteiger partial charge in [-0.1, -0.05) is 25.1 Å². The van der Waals surface area contributed by atoms with Gasteiger partial charge in [-0.2, -0.15) is 0 Å². The quantitative estimate of drug-likeness (QED) is 0.414. The summed E-state index contributed by atoms with van der Waals surface area (Å²) in [6.45, 7) is 10.0. The molecule has 0 saturated heterocycles. The summed E-state index contributed by atoms with van der Waals surface area (Å²) < 4.78 is 0. The lowest BCUT2D eigenvalue weighted by Crippen LogP contribution is -2.31. The smallest absolute Gasteiger partial charge is 0.0631 e. The van der Waals surface area contributed by atoms with E-state index in [-0.39, 0.29) is 6.04 Å². The minimum Gasteiger partial charge on any atom is -0.230 e. The van der Waals surface area contributed by atoms with Crippen molar-refractivity contribution < 1.29 is 0 Å². The Morgan fingerprint density at radius 1 is 1.31 bits per heavy atom. The van der Waals surface area contributed by atoms with Crippen LogP contribution in [0.5, 0.6) is 0 Å². The normalized spacial score (nSPS) is 13.4. The Labute approximate surface area is 80.5 Å². The van der Waals surface area contributed by atoms with Crippen LogP contribution in [0.25, 0.3) is 0 Å². The largest absolute Gasteiger partial charge is 0.230 e. The Bertz CT molecular complexity index is 194. The second-order valence-corrected chi connectivity index (χ2v) is 3.53. The number of allylic oxidation sites excluding steroid dienone is 2. The van der Waals surface area contributed by atoms with E-state index in [1.54, 1.807) is 0 Å². The molecule has 0 aliphatic rings. The summed E-state index contributed by atoms with van der Waals surface area (Å²) in [5.41, 5.74) is 0.955. The topological polar surface area (TPSA) is 54.0 Å². The van der Waals surface area contributed by atoms with E-state index in [9.17, 15) is 0 Å². The molecule has 0 aromatic heterocycles. The zero-order valence-corrected chi connectivity index (χ0v) is 9.15. The zero-order valence-electron chi connectivity index (χ0n) is 9.15. The van der Waals surface area contributed by atoms with Gasteiger partial charge in [-0.15, -0.1) is 5.11 Å². The Kier molecular flexibility index (Phi) is 5.30. The molecule has 0 amide bonds. The van der Waals surface area contributed by atoms with Crippen molar-refractivity contribution in [3.8, 4) is 0 Å². The van der Waals surface area contributed by atoms with Crippen LogP contribution in [-0.4, -0.2) is 11.2 Å². The average molecular weight is 184 g/mol. The van der Waals surface area contributed by atoms with Gasteiger partial charge in [0, 0.05) is 0 Å². The third-order valence-corrected chi connectivity index (χ3v) is 1.68. The van der Waals surface area contributed by atoms with Gasteiger partial charge in [-0.25, -0.2) is 11.0 Å². The van der Waals surface area contributed by atoms with E-state index < -0.39 is 0 Å². The lowest BCUT2D eigenvalue weighted by molar-refractivity contribution is 0.221. The second kappa shape index (κ2) is 5.70. The van der Waals surface area contributed by atoms with E-state index in [1.165, 1.54) is 5.12 Å². The fourth-order valence-corrected chi connectivity index (χ4v) is 0.713. The van der Waals surface area contributed by atoms with E-state index in [2.05, 4.69) is 24.2 Å². The summed E-state index contributed by atoms with van der Waals surface area (Å²) in [5.74, 6) is 5.95. The van der Waals surface area contributed by atoms with Crippen LogP contribution in [0, 0.1) is 5.92 Å². The number of hydrogen-bond acceptors (Lipinski definition) is 3. The molecule has 0 aromatic carbocycles. The summed E-state index contributed by atoms with van der Waals surface area (Å²) in [6, 6.07) is 0.175. The van der Waals surface area contributed by atoms with E-state index in [1.807, 2.05) is 26.8 Å². The molecule has 0 radical (unpaired) electrons. The molecule has 4 nitrogen and oxygen atoms in total. The van der Waals surface area contributed by atoms with Gasteiger partial charge in [0.1, 0.15) is 0 Å². The van der Waals surface area contributed by atoms with Gasteiger partial charge >= 0.3 is 0 Å². The van der Waals surface area contributed by atoms with Crippen LogP contribution >= 0.6 is 0 Å². The van der Waals surface area contributed by atoms with Crippen LogP contribution in [0.1, 0.15) is 34.6 Å². The first-order valence-electron chi connectivity index (χ1n) is 4.60. The van der Waals surface area contributed by atoms with Gasteiger partial charge in [-0.05, 0) is 26.7 Å². The second-order valence-electron chi connectivity index (χ2n) is 3.53. The van der Waals surface area contributed by atoms with E-state index in [4.69, 9.17) is 5.84 Å². The Morgan fingerprint density at radius 3 is 2.15 bits per heavy atom. The van der Waals surface area contributed by atoms with Crippen LogP contribution in [0.3, 0.4) is 0 Å². The molecular formula is C9H20N4. The lowest BCUT2D eigenvalue weighted by atomic mass is 10.1. The first-order chi connectivity index (χ1) is 5.99. The maximum absolute atomic E-state index is 5.57. The zero-order chi connectivity index (χ0) is 10.4. The van der Waals surface area contributed by atoms with Gasteiger partial charge in [-0.3, -0.25) is 0 Å². The molecule has 0 heterocycles. The van der Waals surface area contributed by atoms with Gasteiger partial charge in [0.25, 0.3) is 0 Å². The van der Waals surface area contributed by atoms with Crippen molar-refractivity contribution in [1.82, 2.24) is 5.12 Å². The van der Waals surface area contributed by atoms with Gasteiger partial charge in [0.15, 0.2) is 0 Å². The van der Waals surface area contributed by atoms with Gasteiger partial charge in [0.05, 0.1) is 11.7 Å². The molecule has 0 unspecified atom stereocenters. The number of nitrogens with zero attached hydrogens (tertiary/aromatic N) is 3. The predicted octanol–water partition coefficient (Wildman–Crippen LogP) is 2.50. The van der Waals surface area contributed by atoms with Crippen molar-refractivity contribution in [2.45, 2.75) is 40.7 Å². The highest BCUT2D eigenvalue weighted by Crippen LogP contribution is 2.11. The summed E-state index contributed by atoms with van der Waals surface area (Å²) in [6.07, 6.45) is 1.95. The fourth-order valence-electron chi connectivity index (χ4n) is 0.713. The number of hydrazine groups is 1. The van der Waals surface area contributed by atoms with Gasteiger partial charge < -0.3 is 0 Å². The van der Waals surface area contributed by atoms with Crippen molar-refractivity contribution in [3.05, 3.63) is 11.8 Å². The molecular weight excluding hydrogens is 164 g/mol. The summed E-state index contributed by atoms with van der Waals surface area (Å²) in [5, 5.41) is 9.29. The van der Waals surface area contributed by atoms with E-state index >= 15 is 0 Å². The summed E-state index contributed by atoms with van der Waals surface area (Å²) in [7, 11) is 0. The molecule has 0 atom stereocenters. The van der Waals surface area contributed by atoms with Crippen LogP contribution in [0.15, 0.2) is 22.1 Å². The lowest BCUT2D eigenvalue weighted by Gasteiger charge is -2.15. The Balaban J connectivity index is 4.24. The minimum absolute atomic E-state index is 0.175. The molecule has 0 aliphatic heterocycles. The Morgan fingerprint density at radius 2 is 1.85 bits per heavy atom. The number of rotatable bonds is 4. The number of hydrogen-bond donors (Lipinski definition) is 1. The molecule has 13 heavy (non-hydrogen) atoms. The predicted molar refractivity (Wildman–Crippen MR) is 54.6 cm³/mol. The molecule has 0 spiro atoms. The first kappa shape index (κ1) is 12.1. The van der Waals surface area contributed by atoms with Crippen LogP contribution < -0.4 is 5.84 Å². The highest BCUT2D eigenvalue weighted by atomic mass is 15.7. The molecule has 0 aliphatic carbocycles. The van der Waals surface area contributed by atoms with E-state index in [0.29, 0.717) is 5.92 Å². The van der Waals surface area contributed by atoms with Crippen LogP contribution in [0.4, 0.5) is 0 Å². The highest BCUT2D eigenvalue weighted by molar-refractivity contribution is 4.99. The maximum Gasteiger partial charge on any atom is 0.0631 e. The highest BCUT2D eigenvalue weighted by Gasteiger charge is 2.02. The monoisotopic (exact) mass is 184 g/mol. The third kappa shape index (κ3) is 4.62. The van der Waals surface area contributed by atoms with Crippen molar-refractivity contribution in [1.29, 1.82) is 0 Å². The van der Waals surface area contributed by atoms with Crippen LogP contribution in [0.2, 0.25) is 0 Å². The maximum atomic E-state index is 5.57. The molecule has 0 bridgehead atoms. The minimum atomic E-state index is 0.175. The molecule has 2 N–H and O–H groups in total. The fraction of sp³-hybridized carbons (Fsp3) is 0.778. The first-order valence-corrected chi connectivity index (χ1v) is 4.60. The van der Waals surface area contributed by atoms with Crippen LogP contribution in [-0.2, 0) is 0 Å². The number of nitrogens with two attached hydrogens (primary N) is 1. The molecule has 0 aromatic rings. The average Bonchev–Trinajstić information content (AvgIpc) is 2.04. The Hall–Kier alpha value is -0.900. The van der Waals surface area contributed by atoms with Crippen molar-refractivity contribution in [2.75, 3.05) is 0 Å². The van der Waals surface area contributed by atoms with Crippen molar-refractivity contribution in [2.24, 2.45) is 22.1 Å². The SMILES string of the molecule is C/C=C(\N=N/N(N)C(C)C)C(C)C. The summed E-state index contributed by atoms with van der Waals surface area (Å²) in [4.78, 5) is 0. The molecule has 0 saturated carbocycles. The van der Waals surface area contributed by atoms with Crippen molar-refractivity contribution >= 4 is 0 Å². The molecule has 4 heteroatoms. The standard InChI is InChI=1S/C9H20N4/c1-6-9(7(2)3)11-12-13(10)8(4)5/h6-8H,10H2,1-5H3/b9-6-,12-11-. The summed E-state index contributed by atoms with van der Waals surface area (Å²) >= 11 is 0. The molecule has 0 fully saturated rings. The molecule has 76 valence electrons. The van der Waals surface area contributed by atoms with Gasteiger partial charge in [0.2, 0.25) is 0 Å².